The Hall–Kier alpha value is -5.08. The summed E-state index contributed by atoms with van der Waals surface area (Å²) in [5, 5.41) is 1.09. The minimum Gasteiger partial charge on any atom is -0.465 e. The summed E-state index contributed by atoms with van der Waals surface area (Å²) in [7, 11) is 0. The van der Waals surface area contributed by atoms with Crippen LogP contribution >= 0.6 is 0 Å². The number of rotatable bonds is 21. The molecular formula is C44H45F9O6. The van der Waals surface area contributed by atoms with Crippen molar-refractivity contribution in [1.29, 1.82) is 0 Å². The molecule has 15 heteroatoms. The maximum atomic E-state index is 13.8. The molecule has 0 N–H and O–H groups in total. The molecule has 0 aliphatic rings. The first-order valence-electron chi connectivity index (χ1n) is 19.3. The van der Waals surface area contributed by atoms with Crippen LogP contribution in [-0.4, -0.2) is 48.5 Å². The van der Waals surface area contributed by atoms with Crippen LogP contribution in [0.4, 0.5) is 39.5 Å². The molecule has 0 unspecified atom stereocenters. The Morgan fingerprint density at radius 1 is 0.593 bits per heavy atom. The summed E-state index contributed by atoms with van der Waals surface area (Å²) in [6, 6.07) is 22.8. The lowest BCUT2D eigenvalue weighted by atomic mass is 9.97. The minimum absolute atomic E-state index is 0.184. The fraction of sp³-hybridized carbons (Fsp3) is 0.432. The number of ether oxygens (including phenoxy) is 3. The molecule has 0 amide bonds. The summed E-state index contributed by atoms with van der Waals surface area (Å²) in [6.45, 7) is 1.92. The van der Waals surface area contributed by atoms with E-state index in [4.69, 9.17) is 9.47 Å². The van der Waals surface area contributed by atoms with E-state index in [0.29, 0.717) is 22.9 Å². The van der Waals surface area contributed by atoms with Crippen LogP contribution < -0.4 is 9.47 Å². The van der Waals surface area contributed by atoms with E-state index in [1.54, 1.807) is 48.5 Å². The highest BCUT2D eigenvalue weighted by Gasteiger charge is 2.81. The van der Waals surface area contributed by atoms with Gasteiger partial charge >= 0.3 is 41.9 Å². The molecule has 0 radical (unpaired) electrons. The first kappa shape index (κ1) is 46.6. The van der Waals surface area contributed by atoms with Crippen molar-refractivity contribution in [3.8, 4) is 22.6 Å². The molecule has 0 saturated carbocycles. The van der Waals surface area contributed by atoms with Gasteiger partial charge in [0.05, 0.1) is 24.5 Å². The first-order chi connectivity index (χ1) is 27.8. The van der Waals surface area contributed by atoms with Gasteiger partial charge in [-0.15, -0.1) is 0 Å². The second-order valence-corrected chi connectivity index (χ2v) is 14.3. The third-order valence-electron chi connectivity index (χ3n) is 9.79. The zero-order chi connectivity index (χ0) is 43.4. The average Bonchev–Trinajstić information content (AvgIpc) is 3.19. The Kier molecular flexibility index (Phi) is 16.0. The molecule has 4 aromatic rings. The highest BCUT2D eigenvalue weighted by atomic mass is 19.4. The lowest BCUT2D eigenvalue weighted by Crippen LogP contribution is -2.61. The molecule has 0 fully saturated rings. The fourth-order valence-corrected chi connectivity index (χ4v) is 6.12. The highest BCUT2D eigenvalue weighted by Crippen LogP contribution is 2.54. The minimum atomic E-state index is -7.03. The van der Waals surface area contributed by atoms with Crippen molar-refractivity contribution in [3.63, 3.8) is 0 Å². The van der Waals surface area contributed by atoms with Crippen LogP contribution in [0.2, 0.25) is 0 Å². The van der Waals surface area contributed by atoms with Crippen molar-refractivity contribution in [3.05, 3.63) is 96.1 Å². The number of alkyl halides is 9. The van der Waals surface area contributed by atoms with E-state index < -0.39 is 54.8 Å². The second kappa shape index (κ2) is 20.3. The number of hydrogen-bond acceptors (Lipinski definition) is 6. The standard InChI is InChI=1S/C44H45F9O6/c1-3-4-5-6-7-8-9-10-11-12-38(54)58-36-22-19-31(20-23-36)30-13-15-32(16-14-30)40(56)59-37-24-21-34-27-33(17-18-35(34)28-37)29(2)39(55)57-26-25-41(45,46)42(47,48)43(49,50)44(51,52)53/h13-24,27-29H,3-12,25-26H2,1-2H3/t29-/m0/s1. The van der Waals surface area contributed by atoms with Crippen molar-refractivity contribution >= 4 is 28.7 Å². The molecule has 0 aromatic heterocycles. The molecule has 320 valence electrons. The molecule has 1 atom stereocenters. The van der Waals surface area contributed by atoms with Crippen LogP contribution in [0.1, 0.15) is 106 Å². The third-order valence-corrected chi connectivity index (χ3v) is 9.79. The van der Waals surface area contributed by atoms with Gasteiger partial charge in [0.25, 0.3) is 0 Å². The van der Waals surface area contributed by atoms with Crippen LogP contribution in [0.5, 0.6) is 11.5 Å². The van der Waals surface area contributed by atoms with Crippen LogP contribution in [0.3, 0.4) is 0 Å². The topological polar surface area (TPSA) is 78.9 Å². The van der Waals surface area contributed by atoms with Crippen molar-refractivity contribution in [1.82, 2.24) is 0 Å². The predicted octanol–water partition coefficient (Wildman–Crippen LogP) is 13.1. The van der Waals surface area contributed by atoms with Gasteiger partial charge < -0.3 is 14.2 Å². The van der Waals surface area contributed by atoms with E-state index in [9.17, 15) is 53.9 Å². The molecule has 4 rings (SSSR count). The van der Waals surface area contributed by atoms with Crippen molar-refractivity contribution in [2.24, 2.45) is 0 Å². The van der Waals surface area contributed by atoms with Gasteiger partial charge in [0.15, 0.2) is 0 Å². The smallest absolute Gasteiger partial charge is 0.460 e. The van der Waals surface area contributed by atoms with Gasteiger partial charge in [-0.3, -0.25) is 9.59 Å². The Labute approximate surface area is 336 Å². The number of esters is 3. The number of fused-ring (bicyclic) bond motifs is 1. The summed E-state index contributed by atoms with van der Waals surface area (Å²) in [5.41, 5.74) is 2.17. The fourth-order valence-electron chi connectivity index (χ4n) is 6.12. The van der Waals surface area contributed by atoms with E-state index in [1.165, 1.54) is 69.7 Å². The molecule has 0 aliphatic carbocycles. The zero-order valence-corrected chi connectivity index (χ0v) is 32.5. The molecule has 0 saturated heterocycles. The quantitative estimate of drug-likeness (QED) is 0.0360. The van der Waals surface area contributed by atoms with Crippen molar-refractivity contribution in [2.75, 3.05) is 6.61 Å². The summed E-state index contributed by atoms with van der Waals surface area (Å²) < 4.78 is 133. The van der Waals surface area contributed by atoms with Gasteiger partial charge in [0.2, 0.25) is 0 Å². The largest absolute Gasteiger partial charge is 0.465 e. The molecule has 0 aliphatic heterocycles. The summed E-state index contributed by atoms with van der Waals surface area (Å²) >= 11 is 0. The third kappa shape index (κ3) is 12.2. The summed E-state index contributed by atoms with van der Waals surface area (Å²) in [4.78, 5) is 37.7. The molecule has 4 aromatic carbocycles. The van der Waals surface area contributed by atoms with Crippen molar-refractivity contribution < 1.29 is 68.1 Å². The second-order valence-electron chi connectivity index (χ2n) is 14.3. The van der Waals surface area contributed by atoms with Gasteiger partial charge in [-0.2, -0.15) is 39.5 Å². The Bertz CT molecular complexity index is 2010. The maximum Gasteiger partial charge on any atom is 0.460 e. The zero-order valence-electron chi connectivity index (χ0n) is 32.5. The van der Waals surface area contributed by atoms with Crippen molar-refractivity contribution in [2.45, 2.75) is 114 Å². The van der Waals surface area contributed by atoms with Crippen LogP contribution in [0, 0.1) is 0 Å². The predicted molar refractivity (Wildman–Crippen MR) is 203 cm³/mol. The Morgan fingerprint density at radius 3 is 1.71 bits per heavy atom. The van der Waals surface area contributed by atoms with Gasteiger partial charge in [-0.1, -0.05) is 107 Å². The Morgan fingerprint density at radius 2 is 1.12 bits per heavy atom. The molecule has 0 bridgehead atoms. The highest BCUT2D eigenvalue weighted by molar-refractivity contribution is 5.93. The maximum absolute atomic E-state index is 13.8. The molecule has 6 nitrogen and oxygen atoms in total. The number of unbranched alkanes of at least 4 members (excludes halogenated alkanes) is 8. The van der Waals surface area contributed by atoms with E-state index in [2.05, 4.69) is 11.7 Å². The monoisotopic (exact) mass is 840 g/mol. The van der Waals surface area contributed by atoms with E-state index in [1.807, 2.05) is 12.1 Å². The molecular weight excluding hydrogens is 795 g/mol. The van der Waals surface area contributed by atoms with Gasteiger partial charge in [-0.25, -0.2) is 4.79 Å². The van der Waals surface area contributed by atoms with E-state index >= 15 is 0 Å². The summed E-state index contributed by atoms with van der Waals surface area (Å²) in [6.07, 6.45) is 1.52. The number of benzene rings is 4. The van der Waals surface area contributed by atoms with Gasteiger partial charge in [-0.05, 0) is 77.2 Å². The van der Waals surface area contributed by atoms with E-state index in [0.717, 1.165) is 30.4 Å². The Balaban J connectivity index is 1.25. The van der Waals surface area contributed by atoms with Gasteiger partial charge in [0.1, 0.15) is 11.5 Å². The molecule has 0 heterocycles. The van der Waals surface area contributed by atoms with Gasteiger partial charge in [0, 0.05) is 6.42 Å². The lowest BCUT2D eigenvalue weighted by molar-refractivity contribution is -0.397. The first-order valence-corrected chi connectivity index (χ1v) is 19.3. The normalized spacial score (nSPS) is 12.9. The number of carbonyl (C=O) groups is 3. The average molecular weight is 841 g/mol. The van der Waals surface area contributed by atoms with Crippen LogP contribution in [-0.2, 0) is 14.3 Å². The molecule has 59 heavy (non-hydrogen) atoms. The lowest BCUT2D eigenvalue weighted by Gasteiger charge is -2.33. The number of carbonyl (C=O) groups excluding carboxylic acids is 3. The van der Waals surface area contributed by atoms with E-state index in [-0.39, 0.29) is 22.8 Å². The summed E-state index contributed by atoms with van der Waals surface area (Å²) in [5.74, 6) is -22.4. The molecule has 0 spiro atoms. The van der Waals surface area contributed by atoms with Crippen LogP contribution in [0.15, 0.2) is 84.9 Å². The number of hydrogen-bond donors (Lipinski definition) is 0. The number of halogens is 9. The van der Waals surface area contributed by atoms with Crippen LogP contribution in [0.25, 0.3) is 21.9 Å². The SMILES string of the molecule is CCCCCCCCCCCC(=O)Oc1ccc(-c2ccc(C(=O)Oc3ccc4cc([C@H](C)C(=O)OCCC(F)(F)C(F)(F)C(F)(F)C(F)(F)F)ccc4c3)cc2)cc1.